The molecule has 0 aromatic heterocycles. The zero-order valence-electron chi connectivity index (χ0n) is 15.5. The van der Waals surface area contributed by atoms with Crippen molar-refractivity contribution in [1.29, 1.82) is 0 Å². The van der Waals surface area contributed by atoms with Crippen LogP contribution in [0.4, 0.5) is 4.79 Å². The standard InChI is InChI=1S/C18H27ClN2O5/c1-18(2,3)26-17(24)21-14(9-12-5-7-13(19)8-6-12)10-20-15(11-22)16(23)25-4/h5-8,14-15,20,22H,9-11H2,1-4H3,(H,21,24)/t14?,15-/m0/s1. The second-order valence-electron chi connectivity index (χ2n) is 6.84. The molecular formula is C18H27ClN2O5. The van der Waals surface area contributed by atoms with Gasteiger partial charge in [-0.05, 0) is 44.9 Å². The van der Waals surface area contributed by atoms with Gasteiger partial charge in [0.2, 0.25) is 0 Å². The van der Waals surface area contributed by atoms with E-state index in [1.165, 1.54) is 7.11 Å². The van der Waals surface area contributed by atoms with Gasteiger partial charge in [0.15, 0.2) is 0 Å². The highest BCUT2D eigenvalue weighted by Crippen LogP contribution is 2.12. The van der Waals surface area contributed by atoms with Gasteiger partial charge in [0, 0.05) is 17.6 Å². The summed E-state index contributed by atoms with van der Waals surface area (Å²) in [4.78, 5) is 23.7. The lowest BCUT2D eigenvalue weighted by molar-refractivity contribution is -0.144. The minimum absolute atomic E-state index is 0.238. The van der Waals surface area contributed by atoms with Crippen LogP contribution in [0.15, 0.2) is 24.3 Å². The second-order valence-corrected chi connectivity index (χ2v) is 7.28. The van der Waals surface area contributed by atoms with E-state index >= 15 is 0 Å². The van der Waals surface area contributed by atoms with Gasteiger partial charge >= 0.3 is 12.1 Å². The Labute approximate surface area is 159 Å². The highest BCUT2D eigenvalue weighted by Gasteiger charge is 2.23. The number of rotatable bonds is 8. The van der Waals surface area contributed by atoms with Crippen LogP contribution in [0.25, 0.3) is 0 Å². The number of halogens is 1. The van der Waals surface area contributed by atoms with Gasteiger partial charge in [-0.3, -0.25) is 4.79 Å². The van der Waals surface area contributed by atoms with Crippen molar-refractivity contribution in [2.45, 2.75) is 44.9 Å². The molecule has 0 aliphatic heterocycles. The van der Waals surface area contributed by atoms with E-state index in [4.69, 9.17) is 16.3 Å². The van der Waals surface area contributed by atoms with E-state index in [2.05, 4.69) is 15.4 Å². The van der Waals surface area contributed by atoms with Gasteiger partial charge in [-0.2, -0.15) is 0 Å². The molecule has 7 nitrogen and oxygen atoms in total. The maximum atomic E-state index is 12.1. The number of benzene rings is 1. The molecule has 0 aliphatic carbocycles. The molecule has 2 atom stereocenters. The number of hydrogen-bond donors (Lipinski definition) is 3. The molecule has 0 fully saturated rings. The summed E-state index contributed by atoms with van der Waals surface area (Å²) in [6.45, 7) is 5.16. The summed E-state index contributed by atoms with van der Waals surface area (Å²) < 4.78 is 9.91. The number of carbonyl (C=O) groups is 2. The van der Waals surface area contributed by atoms with Crippen LogP contribution in [0.3, 0.4) is 0 Å². The number of alkyl carbamates (subject to hydrolysis) is 1. The molecule has 146 valence electrons. The summed E-state index contributed by atoms with van der Waals surface area (Å²) in [7, 11) is 1.25. The van der Waals surface area contributed by atoms with E-state index in [9.17, 15) is 14.7 Å². The largest absolute Gasteiger partial charge is 0.468 e. The van der Waals surface area contributed by atoms with Crippen molar-refractivity contribution in [3.8, 4) is 0 Å². The normalized spacial score (nSPS) is 13.6. The molecule has 0 saturated carbocycles. The maximum Gasteiger partial charge on any atom is 0.407 e. The lowest BCUT2D eigenvalue weighted by Gasteiger charge is -2.25. The topological polar surface area (TPSA) is 96.9 Å². The molecule has 3 N–H and O–H groups in total. The summed E-state index contributed by atoms with van der Waals surface area (Å²) in [6, 6.07) is 6.00. The molecule has 1 aromatic rings. The van der Waals surface area contributed by atoms with E-state index in [0.717, 1.165) is 5.56 Å². The van der Waals surface area contributed by atoms with Gasteiger partial charge in [0.1, 0.15) is 11.6 Å². The SMILES string of the molecule is COC(=O)[C@H](CO)NCC(Cc1ccc(Cl)cc1)NC(=O)OC(C)(C)C. The number of amides is 1. The number of esters is 1. The Bertz CT molecular complexity index is 586. The van der Waals surface area contributed by atoms with E-state index in [-0.39, 0.29) is 12.6 Å². The fourth-order valence-corrected chi connectivity index (χ4v) is 2.33. The molecule has 0 saturated heterocycles. The van der Waals surface area contributed by atoms with Crippen molar-refractivity contribution >= 4 is 23.7 Å². The maximum absolute atomic E-state index is 12.1. The van der Waals surface area contributed by atoms with Gasteiger partial charge < -0.3 is 25.2 Å². The van der Waals surface area contributed by atoms with Crippen LogP contribution in [-0.2, 0) is 20.7 Å². The first-order chi connectivity index (χ1) is 12.1. The molecule has 0 spiro atoms. The van der Waals surface area contributed by atoms with Gasteiger partial charge in [-0.1, -0.05) is 23.7 Å². The molecule has 0 radical (unpaired) electrons. The predicted octanol–water partition coefficient (Wildman–Crippen LogP) is 1.90. The summed E-state index contributed by atoms with van der Waals surface area (Å²) >= 11 is 5.90. The molecular weight excluding hydrogens is 360 g/mol. The van der Waals surface area contributed by atoms with Crippen molar-refractivity contribution in [3.05, 3.63) is 34.9 Å². The summed E-state index contributed by atoms with van der Waals surface area (Å²) in [6.07, 6.45) is -0.0696. The Morgan fingerprint density at radius 1 is 1.23 bits per heavy atom. The highest BCUT2D eigenvalue weighted by atomic mass is 35.5. The van der Waals surface area contributed by atoms with Gasteiger partial charge in [0.05, 0.1) is 13.7 Å². The van der Waals surface area contributed by atoms with Crippen molar-refractivity contribution in [1.82, 2.24) is 10.6 Å². The summed E-state index contributed by atoms with van der Waals surface area (Å²) in [5.74, 6) is -0.574. The first kappa shape index (κ1) is 22.2. The Balaban J connectivity index is 2.78. The minimum Gasteiger partial charge on any atom is -0.468 e. The molecule has 0 bridgehead atoms. The van der Waals surface area contributed by atoms with Gasteiger partial charge in [-0.25, -0.2) is 4.79 Å². The minimum atomic E-state index is -0.867. The number of nitrogens with one attached hydrogen (secondary N) is 2. The van der Waals surface area contributed by atoms with Crippen molar-refractivity contribution < 1.29 is 24.2 Å². The fourth-order valence-electron chi connectivity index (χ4n) is 2.20. The third kappa shape index (κ3) is 8.51. The lowest BCUT2D eigenvalue weighted by Crippen LogP contribution is -2.50. The van der Waals surface area contributed by atoms with Crippen LogP contribution >= 0.6 is 11.6 Å². The third-order valence-electron chi connectivity index (χ3n) is 3.40. The molecule has 1 rings (SSSR count). The van der Waals surface area contributed by atoms with Crippen LogP contribution < -0.4 is 10.6 Å². The zero-order chi connectivity index (χ0) is 19.7. The molecule has 1 aromatic carbocycles. The number of aliphatic hydroxyl groups excluding tert-OH is 1. The van der Waals surface area contributed by atoms with Gasteiger partial charge in [0.25, 0.3) is 0 Å². The molecule has 0 heterocycles. The van der Waals surface area contributed by atoms with Crippen LogP contribution in [-0.4, -0.2) is 55.1 Å². The number of ether oxygens (including phenoxy) is 2. The molecule has 1 amide bonds. The quantitative estimate of drug-likeness (QED) is 0.590. The molecule has 8 heteroatoms. The van der Waals surface area contributed by atoms with Crippen LogP contribution in [0, 0.1) is 0 Å². The summed E-state index contributed by atoms with van der Waals surface area (Å²) in [5, 5.41) is 15.6. The molecule has 1 unspecified atom stereocenters. The fraction of sp³-hybridized carbons (Fsp3) is 0.556. The number of methoxy groups -OCH3 is 1. The average molecular weight is 387 g/mol. The van der Waals surface area contributed by atoms with Crippen LogP contribution in [0.5, 0.6) is 0 Å². The Morgan fingerprint density at radius 3 is 2.35 bits per heavy atom. The van der Waals surface area contributed by atoms with Crippen LogP contribution in [0.2, 0.25) is 5.02 Å². The van der Waals surface area contributed by atoms with E-state index in [1.54, 1.807) is 32.9 Å². The van der Waals surface area contributed by atoms with E-state index < -0.39 is 30.3 Å². The number of aliphatic hydroxyl groups is 1. The van der Waals surface area contributed by atoms with Gasteiger partial charge in [-0.15, -0.1) is 0 Å². The highest BCUT2D eigenvalue weighted by molar-refractivity contribution is 6.30. The van der Waals surface area contributed by atoms with Crippen LogP contribution in [0.1, 0.15) is 26.3 Å². The van der Waals surface area contributed by atoms with E-state index in [1.807, 2.05) is 12.1 Å². The average Bonchev–Trinajstić information content (AvgIpc) is 2.55. The van der Waals surface area contributed by atoms with Crippen molar-refractivity contribution in [2.75, 3.05) is 20.3 Å². The Hall–Kier alpha value is -1.83. The van der Waals surface area contributed by atoms with E-state index in [0.29, 0.717) is 11.4 Å². The zero-order valence-corrected chi connectivity index (χ0v) is 16.3. The van der Waals surface area contributed by atoms with Crippen molar-refractivity contribution in [2.24, 2.45) is 0 Å². The molecule has 0 aliphatic rings. The molecule has 26 heavy (non-hydrogen) atoms. The Morgan fingerprint density at radius 2 is 1.85 bits per heavy atom. The monoisotopic (exact) mass is 386 g/mol. The summed E-state index contributed by atoms with van der Waals surface area (Å²) in [5.41, 5.74) is 0.331. The third-order valence-corrected chi connectivity index (χ3v) is 3.65. The smallest absolute Gasteiger partial charge is 0.407 e. The Kier molecular flexibility index (Phi) is 8.84. The first-order valence-corrected chi connectivity index (χ1v) is 8.68. The first-order valence-electron chi connectivity index (χ1n) is 8.30. The number of hydrogen-bond acceptors (Lipinski definition) is 6. The number of carbonyl (C=O) groups excluding carboxylic acids is 2. The predicted molar refractivity (Wildman–Crippen MR) is 99.2 cm³/mol. The second kappa shape index (κ2) is 10.4. The van der Waals surface area contributed by atoms with Crippen molar-refractivity contribution in [3.63, 3.8) is 0 Å². The lowest BCUT2D eigenvalue weighted by atomic mass is 10.1.